The van der Waals surface area contributed by atoms with Gasteiger partial charge in [0, 0.05) is 30.1 Å². The minimum atomic E-state index is -1.66. The third-order valence-electron chi connectivity index (χ3n) is 7.30. The van der Waals surface area contributed by atoms with Crippen LogP contribution in [0.15, 0.2) is 35.5 Å². The Morgan fingerprint density at radius 2 is 1.52 bits per heavy atom. The van der Waals surface area contributed by atoms with Crippen molar-refractivity contribution in [1.82, 2.24) is 26.3 Å². The maximum absolute atomic E-state index is 13.7. The molecule has 0 unspecified atom stereocenters. The van der Waals surface area contributed by atoms with Crippen molar-refractivity contribution in [3.05, 3.63) is 36.0 Å². The summed E-state index contributed by atoms with van der Waals surface area (Å²) in [7, 11) is 0. The largest absolute Gasteiger partial charge is 0.481 e. The second-order valence-corrected chi connectivity index (χ2v) is 10.8. The Balaban J connectivity index is 2.40. The van der Waals surface area contributed by atoms with E-state index in [1.165, 1.54) is 0 Å². The average Bonchev–Trinajstić information content (AvgIpc) is 3.41. The number of H-pyrrole nitrogens is 1. The fourth-order valence-electron chi connectivity index (χ4n) is 4.50. The summed E-state index contributed by atoms with van der Waals surface area (Å²) in [5, 5.41) is 28.6. The van der Waals surface area contributed by atoms with Crippen molar-refractivity contribution in [3.8, 4) is 0 Å². The molecule has 1 aromatic heterocycles. The van der Waals surface area contributed by atoms with Crippen LogP contribution < -0.4 is 38.5 Å². The average molecular weight is 646 g/mol. The summed E-state index contributed by atoms with van der Waals surface area (Å²) in [6.45, 7) is 3.01. The highest BCUT2D eigenvalue weighted by Gasteiger charge is 2.32. The van der Waals surface area contributed by atoms with Crippen molar-refractivity contribution in [3.63, 3.8) is 0 Å². The van der Waals surface area contributed by atoms with Crippen molar-refractivity contribution < 1.29 is 39.0 Å². The van der Waals surface area contributed by atoms with Gasteiger partial charge in [0.25, 0.3) is 0 Å². The predicted octanol–water partition coefficient (Wildman–Crippen LogP) is -1.73. The number of aromatic amines is 1. The van der Waals surface area contributed by atoms with Gasteiger partial charge < -0.3 is 53.7 Å². The number of nitrogens with one attached hydrogen (secondary N) is 5. The number of carboxylic acids is 2. The predicted molar refractivity (Wildman–Crippen MR) is 168 cm³/mol. The molecular weight excluding hydrogens is 602 g/mol. The minimum Gasteiger partial charge on any atom is -0.481 e. The number of carbonyl (C=O) groups is 6. The number of carbonyl (C=O) groups excluding carboxylic acids is 4. The van der Waals surface area contributed by atoms with Gasteiger partial charge in [0.05, 0.1) is 12.5 Å². The van der Waals surface area contributed by atoms with Gasteiger partial charge in [0.1, 0.15) is 24.7 Å². The van der Waals surface area contributed by atoms with Crippen LogP contribution in [0.4, 0.5) is 0 Å². The second-order valence-electron chi connectivity index (χ2n) is 10.8. The fourth-order valence-corrected chi connectivity index (χ4v) is 4.50. The Kier molecular flexibility index (Phi) is 14.4. The molecule has 0 spiro atoms. The number of fused-ring (bicyclic) bond motifs is 1. The molecule has 0 bridgehead atoms. The lowest BCUT2D eigenvalue weighted by Gasteiger charge is -2.26. The number of nitrogens with zero attached hydrogens (tertiary/aromatic N) is 1. The van der Waals surface area contributed by atoms with E-state index in [1.54, 1.807) is 31.3 Å². The first-order valence-corrected chi connectivity index (χ1v) is 14.7. The number of benzene rings is 1. The number of guanidine groups is 1. The number of amides is 4. The first-order valence-electron chi connectivity index (χ1n) is 14.7. The summed E-state index contributed by atoms with van der Waals surface area (Å²) in [5.74, 6) is -6.44. The first kappa shape index (κ1) is 37.0. The molecule has 1 heterocycles. The lowest BCUT2D eigenvalue weighted by molar-refractivity contribution is -0.141. The molecule has 13 N–H and O–H groups in total. The number of carboxylic acid groups (broad SMARTS) is 2. The van der Waals surface area contributed by atoms with E-state index in [2.05, 4.69) is 25.9 Å². The number of para-hydroxylation sites is 1. The van der Waals surface area contributed by atoms with Crippen LogP contribution in [0.25, 0.3) is 10.9 Å². The lowest BCUT2D eigenvalue weighted by atomic mass is 9.98. The molecule has 0 saturated heterocycles. The highest BCUT2D eigenvalue weighted by atomic mass is 16.4. The topological polar surface area (TPSA) is 297 Å². The molecule has 5 atom stereocenters. The van der Waals surface area contributed by atoms with Crippen LogP contribution >= 0.6 is 0 Å². The summed E-state index contributed by atoms with van der Waals surface area (Å²) in [4.78, 5) is 82.2. The molecule has 0 saturated carbocycles. The minimum absolute atomic E-state index is 0.0717. The monoisotopic (exact) mass is 645 g/mol. The molecule has 0 fully saturated rings. The number of hydrogen-bond donors (Lipinski definition) is 10. The summed E-state index contributed by atoms with van der Waals surface area (Å²) < 4.78 is 0. The van der Waals surface area contributed by atoms with Crippen LogP contribution in [0.3, 0.4) is 0 Å². The molecule has 17 heteroatoms. The molecule has 4 amide bonds. The molecule has 17 nitrogen and oxygen atoms in total. The van der Waals surface area contributed by atoms with Gasteiger partial charge in [-0.25, -0.2) is 0 Å². The van der Waals surface area contributed by atoms with Gasteiger partial charge in [-0.15, -0.1) is 0 Å². The van der Waals surface area contributed by atoms with Gasteiger partial charge in [-0.05, 0) is 30.4 Å². The molecule has 2 rings (SSSR count). The zero-order valence-corrected chi connectivity index (χ0v) is 25.7. The van der Waals surface area contributed by atoms with Gasteiger partial charge in [-0.2, -0.15) is 0 Å². The third-order valence-corrected chi connectivity index (χ3v) is 7.30. The Bertz CT molecular complexity index is 1420. The summed E-state index contributed by atoms with van der Waals surface area (Å²) in [6, 6.07) is 2.10. The summed E-state index contributed by atoms with van der Waals surface area (Å²) >= 11 is 0. The van der Waals surface area contributed by atoms with E-state index in [-0.39, 0.29) is 37.7 Å². The van der Waals surface area contributed by atoms with Crippen molar-refractivity contribution in [1.29, 1.82) is 0 Å². The Labute approximate surface area is 265 Å². The molecule has 46 heavy (non-hydrogen) atoms. The van der Waals surface area contributed by atoms with E-state index in [0.29, 0.717) is 12.0 Å². The summed E-state index contributed by atoms with van der Waals surface area (Å²) in [6.07, 6.45) is 1.65. The molecule has 0 radical (unpaired) electrons. The highest BCUT2D eigenvalue weighted by molar-refractivity contribution is 5.97. The number of hydrogen-bond acceptors (Lipinski definition) is 8. The maximum atomic E-state index is 13.7. The highest BCUT2D eigenvalue weighted by Crippen LogP contribution is 2.19. The number of aliphatic imine (C=N–C) groups is 1. The normalized spacial score (nSPS) is 14.2. The van der Waals surface area contributed by atoms with Crippen molar-refractivity contribution in [2.45, 2.75) is 70.1 Å². The Morgan fingerprint density at radius 3 is 2.15 bits per heavy atom. The van der Waals surface area contributed by atoms with Crippen LogP contribution in [0.1, 0.15) is 45.1 Å². The van der Waals surface area contributed by atoms with Gasteiger partial charge in [-0.1, -0.05) is 38.5 Å². The number of aromatic nitrogens is 1. The molecule has 0 aliphatic heterocycles. The van der Waals surface area contributed by atoms with Gasteiger partial charge >= 0.3 is 11.9 Å². The van der Waals surface area contributed by atoms with E-state index in [1.807, 2.05) is 18.3 Å². The van der Waals surface area contributed by atoms with Gasteiger partial charge in [-0.3, -0.25) is 33.8 Å². The van der Waals surface area contributed by atoms with Gasteiger partial charge in [0.15, 0.2) is 5.96 Å². The number of nitrogens with two attached hydrogens (primary N) is 3. The Hall–Kier alpha value is -5.19. The third kappa shape index (κ3) is 11.7. The molecule has 0 aliphatic carbocycles. The van der Waals surface area contributed by atoms with Crippen LogP contribution in [-0.2, 0) is 35.2 Å². The molecular formula is C29H43N9O8. The lowest BCUT2D eigenvalue weighted by Crippen LogP contribution is -2.59. The van der Waals surface area contributed by atoms with Crippen molar-refractivity contribution in [2.75, 3.05) is 13.1 Å². The zero-order valence-electron chi connectivity index (χ0n) is 25.7. The van der Waals surface area contributed by atoms with E-state index in [4.69, 9.17) is 22.3 Å². The standard InChI is InChI=1S/C29H43N9O8/c1-3-15(2)24(30)28(46)36-19(9-6-10-33-29(31)32)26(44)37-20(11-16-13-34-18-8-5-4-7-17(16)18)27(45)38-21(12-22(39)40)25(43)35-14-23(41)42/h4-5,7-8,13,15,19-21,24,34H,3,6,9-12,14,30H2,1-2H3,(H,35,43)(H,36,46)(H,37,44)(H,38,45)(H,39,40)(H,41,42)(H4,31,32,33)/t15-,19-,20-,21-,24-/m0/s1. The number of aliphatic carboxylic acids is 2. The Morgan fingerprint density at radius 1 is 0.891 bits per heavy atom. The van der Waals surface area contributed by atoms with Crippen molar-refractivity contribution in [2.24, 2.45) is 28.1 Å². The molecule has 252 valence electrons. The quantitative estimate of drug-likeness (QED) is 0.0465. The van der Waals surface area contributed by atoms with Gasteiger partial charge in [0.2, 0.25) is 23.6 Å². The number of rotatable bonds is 19. The van der Waals surface area contributed by atoms with E-state index in [0.717, 1.165) is 10.9 Å². The van der Waals surface area contributed by atoms with E-state index >= 15 is 0 Å². The van der Waals surface area contributed by atoms with Crippen molar-refractivity contribution >= 4 is 52.4 Å². The van der Waals surface area contributed by atoms with E-state index < -0.39 is 72.7 Å². The van der Waals surface area contributed by atoms with Crippen LogP contribution in [-0.4, -0.2) is 94.0 Å². The smallest absolute Gasteiger partial charge is 0.322 e. The molecule has 1 aromatic carbocycles. The molecule has 0 aliphatic rings. The first-order chi connectivity index (χ1) is 21.7. The van der Waals surface area contributed by atoms with Crippen LogP contribution in [0.5, 0.6) is 0 Å². The zero-order chi connectivity index (χ0) is 34.4. The molecule has 2 aromatic rings. The second kappa shape index (κ2) is 17.9. The van der Waals surface area contributed by atoms with Crippen LogP contribution in [0.2, 0.25) is 0 Å². The SMILES string of the molecule is CC[C@H](C)[C@H](N)C(=O)N[C@@H](CCCN=C(N)N)C(=O)N[C@@H](Cc1c[nH]c2ccccc12)C(=O)N[C@@H](CC(=O)O)C(=O)NCC(=O)O. The summed E-state index contributed by atoms with van der Waals surface area (Å²) in [5.41, 5.74) is 18.2. The fraction of sp³-hybridized carbons (Fsp3) is 0.483. The maximum Gasteiger partial charge on any atom is 0.322 e. The van der Waals surface area contributed by atoms with Crippen LogP contribution in [0, 0.1) is 5.92 Å². The van der Waals surface area contributed by atoms with E-state index in [9.17, 15) is 33.9 Å².